The lowest BCUT2D eigenvalue weighted by Crippen LogP contribution is -2.26. The molecule has 3 aromatic rings. The van der Waals surface area contributed by atoms with E-state index in [1.165, 1.54) is 9.98 Å². The Bertz CT molecular complexity index is 1210. The Morgan fingerprint density at radius 3 is 2.63 bits per heavy atom. The van der Waals surface area contributed by atoms with Crippen molar-refractivity contribution in [3.8, 4) is 0 Å². The van der Waals surface area contributed by atoms with E-state index in [1.807, 2.05) is 6.07 Å². The van der Waals surface area contributed by atoms with Crippen LogP contribution in [0.1, 0.15) is 24.0 Å². The highest BCUT2D eigenvalue weighted by Gasteiger charge is 2.23. The number of nitrogens with zero attached hydrogens (tertiary/aromatic N) is 2. The second kappa shape index (κ2) is 8.08. The molecule has 0 bridgehead atoms. The van der Waals surface area contributed by atoms with E-state index in [0.29, 0.717) is 17.1 Å². The quantitative estimate of drug-likeness (QED) is 0.662. The minimum absolute atomic E-state index is 0.240. The molecule has 0 radical (unpaired) electrons. The third kappa shape index (κ3) is 4.04. The number of carbonyl (C=O) groups is 1. The van der Waals surface area contributed by atoms with Crippen LogP contribution >= 0.6 is 0 Å². The molecule has 30 heavy (non-hydrogen) atoms. The molecule has 1 N–H and O–H groups in total. The maximum absolute atomic E-state index is 12.5. The van der Waals surface area contributed by atoms with Crippen LogP contribution in [0.3, 0.4) is 0 Å². The van der Waals surface area contributed by atoms with Gasteiger partial charge in [0.15, 0.2) is 9.84 Å². The number of hydrogen-bond donors (Lipinski definition) is 1. The highest BCUT2D eigenvalue weighted by Crippen LogP contribution is 2.28. The molecule has 1 atom stereocenters. The molecule has 2 heterocycles. The van der Waals surface area contributed by atoms with Gasteiger partial charge >= 0.3 is 6.09 Å². The van der Waals surface area contributed by atoms with Crippen LogP contribution in [0.5, 0.6) is 0 Å². The highest BCUT2D eigenvalue weighted by molar-refractivity contribution is 7.94. The van der Waals surface area contributed by atoms with Gasteiger partial charge in [0.2, 0.25) is 0 Å². The van der Waals surface area contributed by atoms with Crippen molar-refractivity contribution in [2.24, 2.45) is 0 Å². The molecule has 1 saturated heterocycles. The van der Waals surface area contributed by atoms with Crippen LogP contribution in [0.15, 0.2) is 65.0 Å². The molecule has 1 aromatic heterocycles. The van der Waals surface area contributed by atoms with Gasteiger partial charge in [-0.2, -0.15) is 0 Å². The first-order chi connectivity index (χ1) is 14.3. The molecule has 1 aliphatic rings. The number of aromatic nitrogens is 1. The van der Waals surface area contributed by atoms with E-state index in [4.69, 9.17) is 0 Å². The van der Waals surface area contributed by atoms with Crippen molar-refractivity contribution >= 4 is 32.9 Å². The second-order valence-corrected chi connectivity index (χ2v) is 9.56. The number of rotatable bonds is 5. The number of carboxylic acid groups (broad SMARTS) is 1. The van der Waals surface area contributed by atoms with E-state index in [2.05, 4.69) is 11.9 Å². The lowest BCUT2D eigenvalue weighted by atomic mass is 10.0. The lowest BCUT2D eigenvalue weighted by molar-refractivity contribution is 0.197. The number of benzene rings is 2. The van der Waals surface area contributed by atoms with Gasteiger partial charge in [-0.1, -0.05) is 24.3 Å². The third-order valence-electron chi connectivity index (χ3n) is 5.76. The minimum Gasteiger partial charge on any atom is -0.464 e. The maximum Gasteiger partial charge on any atom is 0.416 e. The first-order valence-corrected chi connectivity index (χ1v) is 11.5. The SMILES string of the molecule is CN1CCC[C@@H]1Cc1cn(C(=O)O)c2ccc(/C=C/S(=O)(=O)c3ccccc3)cc12. The van der Waals surface area contributed by atoms with Crippen LogP contribution in [-0.4, -0.2) is 48.7 Å². The van der Waals surface area contributed by atoms with Gasteiger partial charge in [-0.25, -0.2) is 13.2 Å². The molecule has 0 saturated carbocycles. The zero-order chi connectivity index (χ0) is 21.3. The summed E-state index contributed by atoms with van der Waals surface area (Å²) in [6.45, 7) is 1.05. The van der Waals surface area contributed by atoms with Crippen LogP contribution in [-0.2, 0) is 16.3 Å². The molecule has 1 fully saturated rings. The topological polar surface area (TPSA) is 79.6 Å². The lowest BCUT2D eigenvalue weighted by Gasteiger charge is -2.18. The molecular formula is C23H24N2O4S. The molecule has 4 rings (SSSR count). The molecule has 6 nitrogen and oxygen atoms in total. The molecule has 0 unspecified atom stereocenters. The molecule has 0 aliphatic carbocycles. The normalized spacial score (nSPS) is 17.8. The largest absolute Gasteiger partial charge is 0.464 e. The molecular weight excluding hydrogens is 400 g/mol. The summed E-state index contributed by atoms with van der Waals surface area (Å²) < 4.78 is 26.3. The molecule has 1 aliphatic heterocycles. The van der Waals surface area contributed by atoms with Gasteiger partial charge in [0.05, 0.1) is 10.4 Å². The molecule has 0 spiro atoms. The van der Waals surface area contributed by atoms with Crippen LogP contribution in [0.4, 0.5) is 4.79 Å². The molecule has 7 heteroatoms. The Balaban J connectivity index is 1.70. The zero-order valence-electron chi connectivity index (χ0n) is 16.7. The van der Waals surface area contributed by atoms with Gasteiger partial charge in [0.25, 0.3) is 0 Å². The number of likely N-dealkylation sites (N-methyl/N-ethyl adjacent to an activating group) is 1. The van der Waals surface area contributed by atoms with E-state index in [-0.39, 0.29) is 4.90 Å². The standard InChI is InChI=1S/C23H24N2O4S/c1-24-12-5-6-19(24)15-18-16-25(23(26)27)22-10-9-17(14-21(18)22)11-13-30(28,29)20-7-3-2-4-8-20/h2-4,7-11,13-14,16,19H,5-6,12,15H2,1H3,(H,26,27)/b13-11+/t19-/m1/s1. The fourth-order valence-corrected chi connectivity index (χ4v) is 5.12. The Kier molecular flexibility index (Phi) is 5.49. The Morgan fingerprint density at radius 1 is 1.20 bits per heavy atom. The number of sulfone groups is 1. The van der Waals surface area contributed by atoms with Gasteiger partial charge in [-0.05, 0) is 74.3 Å². The summed E-state index contributed by atoms with van der Waals surface area (Å²) in [7, 11) is -1.45. The third-order valence-corrected chi connectivity index (χ3v) is 7.18. The first-order valence-electron chi connectivity index (χ1n) is 9.91. The van der Waals surface area contributed by atoms with Crippen molar-refractivity contribution in [3.05, 3.63) is 71.3 Å². The Hall–Kier alpha value is -2.90. The fraction of sp³-hybridized carbons (Fsp3) is 0.261. The summed E-state index contributed by atoms with van der Waals surface area (Å²) in [5.41, 5.74) is 2.29. The summed E-state index contributed by atoms with van der Waals surface area (Å²) in [4.78, 5) is 14.2. The van der Waals surface area contributed by atoms with Crippen molar-refractivity contribution in [1.82, 2.24) is 9.47 Å². The highest BCUT2D eigenvalue weighted by atomic mass is 32.2. The monoisotopic (exact) mass is 424 g/mol. The van der Waals surface area contributed by atoms with E-state index in [1.54, 1.807) is 54.7 Å². The summed E-state index contributed by atoms with van der Waals surface area (Å²) in [5, 5.41) is 11.6. The number of fused-ring (bicyclic) bond motifs is 1. The smallest absolute Gasteiger partial charge is 0.416 e. The van der Waals surface area contributed by atoms with E-state index < -0.39 is 15.9 Å². The van der Waals surface area contributed by atoms with Gasteiger partial charge in [-0.3, -0.25) is 4.57 Å². The fourth-order valence-electron chi connectivity index (χ4n) is 4.09. The minimum atomic E-state index is -3.54. The Morgan fingerprint density at radius 2 is 1.97 bits per heavy atom. The second-order valence-electron chi connectivity index (χ2n) is 7.73. The predicted octanol–water partition coefficient (Wildman–Crippen LogP) is 4.25. The summed E-state index contributed by atoms with van der Waals surface area (Å²) in [5.74, 6) is 0. The molecule has 0 amide bonds. The average Bonchev–Trinajstić information content (AvgIpc) is 3.31. The van der Waals surface area contributed by atoms with Crippen molar-refractivity contribution < 1.29 is 18.3 Å². The number of likely N-dealkylation sites (tertiary alicyclic amines) is 1. The van der Waals surface area contributed by atoms with E-state index >= 15 is 0 Å². The van der Waals surface area contributed by atoms with E-state index in [0.717, 1.165) is 36.8 Å². The van der Waals surface area contributed by atoms with Crippen molar-refractivity contribution in [2.75, 3.05) is 13.6 Å². The summed E-state index contributed by atoms with van der Waals surface area (Å²) in [6.07, 6.45) is 5.22. The van der Waals surface area contributed by atoms with Gasteiger partial charge in [-0.15, -0.1) is 0 Å². The van der Waals surface area contributed by atoms with Crippen LogP contribution in [0.2, 0.25) is 0 Å². The average molecular weight is 425 g/mol. The van der Waals surface area contributed by atoms with Crippen molar-refractivity contribution in [3.63, 3.8) is 0 Å². The van der Waals surface area contributed by atoms with Gasteiger partial charge in [0.1, 0.15) is 0 Å². The first kappa shape index (κ1) is 20.4. The van der Waals surface area contributed by atoms with Crippen molar-refractivity contribution in [2.45, 2.75) is 30.2 Å². The Labute approximate surface area is 176 Å². The van der Waals surface area contributed by atoms with Gasteiger partial charge in [0, 0.05) is 23.0 Å². The predicted molar refractivity (Wildman–Crippen MR) is 117 cm³/mol. The summed E-state index contributed by atoms with van der Waals surface area (Å²) >= 11 is 0. The summed E-state index contributed by atoms with van der Waals surface area (Å²) in [6, 6.07) is 14.0. The van der Waals surface area contributed by atoms with Crippen LogP contribution in [0.25, 0.3) is 17.0 Å². The zero-order valence-corrected chi connectivity index (χ0v) is 17.5. The molecule has 156 valence electrons. The number of hydrogen-bond acceptors (Lipinski definition) is 4. The van der Waals surface area contributed by atoms with Crippen molar-refractivity contribution in [1.29, 1.82) is 0 Å². The molecule has 2 aromatic carbocycles. The van der Waals surface area contributed by atoms with Crippen LogP contribution in [0, 0.1) is 0 Å². The van der Waals surface area contributed by atoms with Crippen LogP contribution < -0.4 is 0 Å². The van der Waals surface area contributed by atoms with E-state index in [9.17, 15) is 18.3 Å². The maximum atomic E-state index is 12.5. The van der Waals surface area contributed by atoms with Gasteiger partial charge < -0.3 is 10.0 Å².